The van der Waals surface area contributed by atoms with Crippen molar-refractivity contribution in [2.24, 2.45) is 0 Å². The number of nitrogens with zero attached hydrogens (tertiary/aromatic N) is 1. The first-order valence-electron chi connectivity index (χ1n) is 9.58. The lowest BCUT2D eigenvalue weighted by atomic mass is 10.2. The molecule has 6 nitrogen and oxygen atoms in total. The number of carbonyl (C=O) groups is 2. The Balaban J connectivity index is 1.45. The highest BCUT2D eigenvalue weighted by atomic mass is 16.5. The first-order chi connectivity index (χ1) is 13.5. The number of likely N-dealkylation sites (N-methyl/N-ethyl adjacent to an activating group) is 1. The lowest BCUT2D eigenvalue weighted by molar-refractivity contribution is -0.124. The molecule has 2 aromatic rings. The number of benzene rings is 2. The molecule has 6 heteroatoms. The summed E-state index contributed by atoms with van der Waals surface area (Å²) < 4.78 is 5.75. The first-order valence-corrected chi connectivity index (χ1v) is 9.58. The summed E-state index contributed by atoms with van der Waals surface area (Å²) in [5.74, 6) is 0.549. The molecule has 0 aliphatic heterocycles. The standard InChI is InChI=1S/C22H27N3O3/c1-16(25(2)14-21(26)23-18-8-9-18)22(27)24-19-10-12-20(13-11-19)28-15-17-6-4-3-5-7-17/h3-7,10-13,16,18H,8-9,14-15H2,1-2H3,(H,23,26)(H,24,27)/t16-/m1/s1. The molecule has 1 aliphatic carbocycles. The fourth-order valence-electron chi connectivity index (χ4n) is 2.69. The second-order valence-electron chi connectivity index (χ2n) is 7.22. The van der Waals surface area contributed by atoms with Crippen LogP contribution in [-0.2, 0) is 16.2 Å². The van der Waals surface area contributed by atoms with Gasteiger partial charge in [0.15, 0.2) is 0 Å². The number of carbonyl (C=O) groups excluding carboxylic acids is 2. The molecule has 0 bridgehead atoms. The van der Waals surface area contributed by atoms with E-state index in [-0.39, 0.29) is 18.4 Å². The highest BCUT2D eigenvalue weighted by Gasteiger charge is 2.25. The van der Waals surface area contributed by atoms with E-state index in [1.165, 1.54) is 0 Å². The molecule has 2 amide bonds. The minimum Gasteiger partial charge on any atom is -0.489 e. The fourth-order valence-corrected chi connectivity index (χ4v) is 2.69. The van der Waals surface area contributed by atoms with Crippen LogP contribution in [0.4, 0.5) is 5.69 Å². The Hall–Kier alpha value is -2.86. The molecule has 1 fully saturated rings. The Labute approximate surface area is 165 Å². The summed E-state index contributed by atoms with van der Waals surface area (Å²) in [6.45, 7) is 2.49. The van der Waals surface area contributed by atoms with Crippen LogP contribution in [0.15, 0.2) is 54.6 Å². The summed E-state index contributed by atoms with van der Waals surface area (Å²) in [7, 11) is 1.78. The topological polar surface area (TPSA) is 70.7 Å². The van der Waals surface area contributed by atoms with Crippen LogP contribution in [-0.4, -0.2) is 42.4 Å². The van der Waals surface area contributed by atoms with E-state index in [2.05, 4.69) is 10.6 Å². The van der Waals surface area contributed by atoms with Crippen LogP contribution in [0.25, 0.3) is 0 Å². The van der Waals surface area contributed by atoms with Crippen molar-refractivity contribution in [3.63, 3.8) is 0 Å². The summed E-state index contributed by atoms with van der Waals surface area (Å²) >= 11 is 0. The van der Waals surface area contributed by atoms with E-state index in [4.69, 9.17) is 4.74 Å². The zero-order chi connectivity index (χ0) is 19.9. The monoisotopic (exact) mass is 381 g/mol. The fraction of sp³-hybridized carbons (Fsp3) is 0.364. The van der Waals surface area contributed by atoms with Crippen molar-refractivity contribution in [2.75, 3.05) is 18.9 Å². The molecule has 0 aromatic heterocycles. The largest absolute Gasteiger partial charge is 0.489 e. The van der Waals surface area contributed by atoms with Gasteiger partial charge in [0, 0.05) is 11.7 Å². The van der Waals surface area contributed by atoms with Gasteiger partial charge in [-0.2, -0.15) is 0 Å². The van der Waals surface area contributed by atoms with Gasteiger partial charge in [0.25, 0.3) is 0 Å². The highest BCUT2D eigenvalue weighted by molar-refractivity contribution is 5.95. The van der Waals surface area contributed by atoms with Crippen molar-refractivity contribution in [2.45, 2.75) is 38.5 Å². The van der Waals surface area contributed by atoms with Crippen molar-refractivity contribution >= 4 is 17.5 Å². The quantitative estimate of drug-likeness (QED) is 0.701. The van der Waals surface area contributed by atoms with Crippen LogP contribution in [0.1, 0.15) is 25.3 Å². The lowest BCUT2D eigenvalue weighted by Crippen LogP contribution is -2.45. The summed E-state index contributed by atoms with van der Waals surface area (Å²) in [5.41, 5.74) is 1.79. The van der Waals surface area contributed by atoms with Crippen LogP contribution >= 0.6 is 0 Å². The minimum atomic E-state index is -0.418. The van der Waals surface area contributed by atoms with Crippen LogP contribution in [0.5, 0.6) is 5.75 Å². The van der Waals surface area contributed by atoms with Gasteiger partial charge in [0.2, 0.25) is 11.8 Å². The summed E-state index contributed by atoms with van der Waals surface area (Å²) in [5, 5.41) is 5.81. The van der Waals surface area contributed by atoms with Gasteiger partial charge < -0.3 is 15.4 Å². The van der Waals surface area contributed by atoms with E-state index < -0.39 is 6.04 Å². The highest BCUT2D eigenvalue weighted by Crippen LogP contribution is 2.19. The third-order valence-electron chi connectivity index (χ3n) is 4.75. The predicted molar refractivity (Wildman–Crippen MR) is 109 cm³/mol. The Morgan fingerprint density at radius 3 is 2.43 bits per heavy atom. The Morgan fingerprint density at radius 2 is 1.79 bits per heavy atom. The molecule has 28 heavy (non-hydrogen) atoms. The maximum Gasteiger partial charge on any atom is 0.241 e. The smallest absolute Gasteiger partial charge is 0.241 e. The molecule has 0 spiro atoms. The first kappa shape index (κ1) is 19.9. The number of hydrogen-bond donors (Lipinski definition) is 2. The average Bonchev–Trinajstić information content (AvgIpc) is 3.51. The SMILES string of the molecule is C[C@H](C(=O)Nc1ccc(OCc2ccccc2)cc1)N(C)CC(=O)NC1CC1. The van der Waals surface area contributed by atoms with Gasteiger partial charge in [0.05, 0.1) is 12.6 Å². The normalized spacial score (nSPS) is 14.4. The number of ether oxygens (including phenoxy) is 1. The maximum absolute atomic E-state index is 12.4. The van der Waals surface area contributed by atoms with Gasteiger partial charge in [-0.05, 0) is 56.6 Å². The molecular formula is C22H27N3O3. The second-order valence-corrected chi connectivity index (χ2v) is 7.22. The van der Waals surface area contributed by atoms with E-state index in [9.17, 15) is 9.59 Å². The minimum absolute atomic E-state index is 0.0374. The van der Waals surface area contributed by atoms with Gasteiger partial charge in [-0.15, -0.1) is 0 Å². The van der Waals surface area contributed by atoms with Crippen molar-refractivity contribution in [3.05, 3.63) is 60.2 Å². The number of nitrogens with one attached hydrogen (secondary N) is 2. The van der Waals surface area contributed by atoms with Crippen LogP contribution in [0.3, 0.4) is 0 Å². The molecule has 2 aromatic carbocycles. The van der Waals surface area contributed by atoms with Crippen LogP contribution in [0, 0.1) is 0 Å². The molecule has 0 unspecified atom stereocenters. The number of amides is 2. The Kier molecular flexibility index (Phi) is 6.66. The molecule has 3 rings (SSSR count). The molecule has 0 saturated heterocycles. The van der Waals surface area contributed by atoms with Gasteiger partial charge in [-0.3, -0.25) is 14.5 Å². The zero-order valence-electron chi connectivity index (χ0n) is 16.4. The number of hydrogen-bond acceptors (Lipinski definition) is 4. The van der Waals surface area contributed by atoms with Crippen molar-refractivity contribution in [1.82, 2.24) is 10.2 Å². The zero-order valence-corrected chi connectivity index (χ0v) is 16.4. The third kappa shape index (κ3) is 6.09. The van der Waals surface area contributed by atoms with E-state index >= 15 is 0 Å². The molecule has 1 atom stereocenters. The summed E-state index contributed by atoms with van der Waals surface area (Å²) in [4.78, 5) is 26.1. The molecule has 1 saturated carbocycles. The van der Waals surface area contributed by atoms with E-state index in [1.807, 2.05) is 54.6 Å². The van der Waals surface area contributed by atoms with E-state index in [0.29, 0.717) is 18.3 Å². The van der Waals surface area contributed by atoms with Crippen molar-refractivity contribution in [3.8, 4) is 5.75 Å². The molecule has 148 valence electrons. The van der Waals surface area contributed by atoms with E-state index in [1.54, 1.807) is 18.9 Å². The Morgan fingerprint density at radius 1 is 1.11 bits per heavy atom. The third-order valence-corrected chi connectivity index (χ3v) is 4.75. The summed E-state index contributed by atoms with van der Waals surface area (Å²) in [6, 6.07) is 17.1. The average molecular weight is 381 g/mol. The van der Waals surface area contributed by atoms with Crippen LogP contribution < -0.4 is 15.4 Å². The Bertz CT molecular complexity index is 788. The van der Waals surface area contributed by atoms with E-state index in [0.717, 1.165) is 24.2 Å². The van der Waals surface area contributed by atoms with Gasteiger partial charge in [0.1, 0.15) is 12.4 Å². The molecule has 0 heterocycles. The van der Waals surface area contributed by atoms with Crippen molar-refractivity contribution in [1.29, 1.82) is 0 Å². The van der Waals surface area contributed by atoms with Crippen LogP contribution in [0.2, 0.25) is 0 Å². The second kappa shape index (κ2) is 9.37. The van der Waals surface area contributed by atoms with Gasteiger partial charge in [-0.1, -0.05) is 30.3 Å². The molecule has 0 radical (unpaired) electrons. The predicted octanol–water partition coefficient (Wildman–Crippen LogP) is 2.80. The summed E-state index contributed by atoms with van der Waals surface area (Å²) in [6.07, 6.45) is 2.10. The number of rotatable bonds is 9. The maximum atomic E-state index is 12.4. The van der Waals surface area contributed by atoms with Gasteiger partial charge in [-0.25, -0.2) is 0 Å². The molecular weight excluding hydrogens is 354 g/mol. The molecule has 1 aliphatic rings. The lowest BCUT2D eigenvalue weighted by Gasteiger charge is -2.23. The number of anilines is 1. The van der Waals surface area contributed by atoms with Gasteiger partial charge >= 0.3 is 0 Å². The van der Waals surface area contributed by atoms with Crippen molar-refractivity contribution < 1.29 is 14.3 Å². The molecule has 2 N–H and O–H groups in total.